The predicted octanol–water partition coefficient (Wildman–Crippen LogP) is 0.711. The molecule has 1 saturated carbocycles. The van der Waals surface area contributed by atoms with Crippen molar-refractivity contribution in [1.82, 2.24) is 9.88 Å². The topological polar surface area (TPSA) is 74.9 Å². The Hall–Kier alpha value is -2.65. The summed E-state index contributed by atoms with van der Waals surface area (Å²) in [6, 6.07) is 11.7. The van der Waals surface area contributed by atoms with E-state index in [4.69, 9.17) is 0 Å². The smallest absolute Gasteiger partial charge is 0.269 e. The van der Waals surface area contributed by atoms with E-state index in [1.807, 2.05) is 43.3 Å². The Kier molecular flexibility index (Phi) is 4.63. The number of benzene rings is 1. The Morgan fingerprint density at radius 2 is 2.12 bits per heavy atom. The van der Waals surface area contributed by atoms with Crippen LogP contribution in [0.3, 0.4) is 0 Å². The summed E-state index contributed by atoms with van der Waals surface area (Å²) in [6.45, 7) is 2.24. The van der Waals surface area contributed by atoms with E-state index < -0.39 is 5.91 Å². The predicted molar refractivity (Wildman–Crippen MR) is 93.7 cm³/mol. The maximum absolute atomic E-state index is 12.6. The van der Waals surface area contributed by atoms with E-state index in [2.05, 4.69) is 5.32 Å². The van der Waals surface area contributed by atoms with Crippen molar-refractivity contribution >= 4 is 28.9 Å². The molecule has 0 atom stereocenters. The lowest BCUT2D eigenvalue weighted by molar-refractivity contribution is -0.115. The van der Waals surface area contributed by atoms with E-state index in [0.717, 1.165) is 18.4 Å². The number of nitrogens with zero attached hydrogens (tertiary/aromatic N) is 2. The average molecular weight is 339 g/mol. The van der Waals surface area contributed by atoms with Gasteiger partial charge in [0.25, 0.3) is 11.5 Å². The van der Waals surface area contributed by atoms with Gasteiger partial charge in [0, 0.05) is 12.6 Å². The number of hydrogen-bond acceptors (Lipinski definition) is 4. The van der Waals surface area contributed by atoms with Gasteiger partial charge in [-0.3, -0.25) is 14.2 Å². The molecular weight excluding hydrogens is 322 g/mol. The summed E-state index contributed by atoms with van der Waals surface area (Å²) in [5.41, 5.74) is 0.749. The van der Waals surface area contributed by atoms with E-state index in [9.17, 15) is 14.9 Å². The number of thiazole rings is 1. The van der Waals surface area contributed by atoms with Gasteiger partial charge in [0.05, 0.1) is 4.53 Å². The highest BCUT2D eigenvalue weighted by Crippen LogP contribution is 2.19. The first-order valence-corrected chi connectivity index (χ1v) is 8.67. The van der Waals surface area contributed by atoms with Crippen LogP contribution in [0.2, 0.25) is 0 Å². The largest absolute Gasteiger partial charge is 0.349 e. The summed E-state index contributed by atoms with van der Waals surface area (Å²) in [4.78, 5) is 24.9. The minimum absolute atomic E-state index is 0.0126. The number of carbonyl (C=O) groups excluding carboxylic acids is 1. The molecule has 0 spiro atoms. The Morgan fingerprint density at radius 1 is 1.42 bits per heavy atom. The van der Waals surface area contributed by atoms with Crippen LogP contribution in [-0.4, -0.2) is 16.5 Å². The maximum atomic E-state index is 12.6. The van der Waals surface area contributed by atoms with Crippen LogP contribution in [0.4, 0.5) is 0 Å². The second-order valence-electron chi connectivity index (χ2n) is 5.61. The highest BCUT2D eigenvalue weighted by atomic mass is 32.1. The van der Waals surface area contributed by atoms with Crippen molar-refractivity contribution in [2.75, 3.05) is 0 Å². The molecule has 6 heteroatoms. The lowest BCUT2D eigenvalue weighted by atomic mass is 10.2. The van der Waals surface area contributed by atoms with Crippen molar-refractivity contribution in [1.29, 1.82) is 5.26 Å². The number of nitrogens with one attached hydrogen (secondary N) is 1. The lowest BCUT2D eigenvalue weighted by Crippen LogP contribution is -2.35. The van der Waals surface area contributed by atoms with E-state index in [1.54, 1.807) is 6.08 Å². The number of nitriles is 1. The molecule has 1 aliphatic rings. The fourth-order valence-corrected chi connectivity index (χ4v) is 3.54. The molecule has 1 aromatic heterocycles. The van der Waals surface area contributed by atoms with Crippen molar-refractivity contribution < 1.29 is 4.79 Å². The minimum atomic E-state index is -0.394. The summed E-state index contributed by atoms with van der Waals surface area (Å²) in [5.74, 6) is -0.394. The van der Waals surface area contributed by atoms with Crippen molar-refractivity contribution in [2.45, 2.75) is 32.4 Å². The highest BCUT2D eigenvalue weighted by Gasteiger charge is 2.25. The zero-order valence-electron chi connectivity index (χ0n) is 13.3. The molecule has 1 fully saturated rings. The first kappa shape index (κ1) is 16.2. The quantitative estimate of drug-likeness (QED) is 0.891. The van der Waals surface area contributed by atoms with Crippen molar-refractivity contribution in [2.24, 2.45) is 0 Å². The molecule has 0 saturated heterocycles. The van der Waals surface area contributed by atoms with Crippen molar-refractivity contribution in [3.05, 3.63) is 55.4 Å². The average Bonchev–Trinajstić information content (AvgIpc) is 3.34. The minimum Gasteiger partial charge on any atom is -0.349 e. The summed E-state index contributed by atoms with van der Waals surface area (Å²) in [6.07, 6.45) is 3.68. The van der Waals surface area contributed by atoms with E-state index in [1.165, 1.54) is 15.9 Å². The van der Waals surface area contributed by atoms with Crippen LogP contribution < -0.4 is 20.1 Å². The molecular formula is C18H17N3O2S. The van der Waals surface area contributed by atoms with Crippen molar-refractivity contribution in [3.8, 4) is 6.07 Å². The van der Waals surface area contributed by atoms with Gasteiger partial charge in [0.15, 0.2) is 5.57 Å². The van der Waals surface area contributed by atoms with Gasteiger partial charge in [0.2, 0.25) is 0 Å². The molecule has 1 N–H and O–H groups in total. The molecule has 0 radical (unpaired) electrons. The highest BCUT2D eigenvalue weighted by molar-refractivity contribution is 7.07. The second kappa shape index (κ2) is 6.85. The number of rotatable bonds is 4. The molecule has 24 heavy (non-hydrogen) atoms. The fourth-order valence-electron chi connectivity index (χ4n) is 2.37. The SMILES string of the molecule is CCn1c(=O)/c(=C/c2ccccc2)s/c1=C(\C#N)C(=O)NC1CC1. The molecule has 122 valence electrons. The molecule has 0 aliphatic heterocycles. The molecule has 1 aliphatic carbocycles. The molecule has 3 rings (SSSR count). The summed E-state index contributed by atoms with van der Waals surface area (Å²) in [7, 11) is 0. The van der Waals surface area contributed by atoms with E-state index in [-0.39, 0.29) is 17.2 Å². The van der Waals surface area contributed by atoms with Crippen LogP contribution in [0.5, 0.6) is 0 Å². The van der Waals surface area contributed by atoms with Crippen LogP contribution in [0.25, 0.3) is 11.6 Å². The third-order valence-corrected chi connectivity index (χ3v) is 4.92. The molecule has 1 aromatic carbocycles. The Balaban J connectivity index is 2.18. The number of aromatic nitrogens is 1. The van der Waals surface area contributed by atoms with Crippen molar-refractivity contribution in [3.63, 3.8) is 0 Å². The standard InChI is InChI=1S/C18H17N3O2S/c1-2-21-17(23)15(10-12-6-4-3-5-7-12)24-18(21)14(11-19)16(22)20-13-8-9-13/h3-7,10,13H,2,8-9H2,1H3,(H,20,22)/b15-10-,18-14+. The Labute approximate surface area is 143 Å². The molecule has 2 aromatic rings. The summed E-state index contributed by atoms with van der Waals surface area (Å²) >= 11 is 1.19. The molecule has 1 heterocycles. The van der Waals surface area contributed by atoms with Gasteiger partial charge in [0.1, 0.15) is 10.7 Å². The van der Waals surface area contributed by atoms with Gasteiger partial charge in [-0.1, -0.05) is 30.3 Å². The molecule has 1 amide bonds. The number of hydrogen-bond donors (Lipinski definition) is 1. The summed E-state index contributed by atoms with van der Waals surface area (Å²) < 4.78 is 2.43. The van der Waals surface area contributed by atoms with Crippen LogP contribution in [-0.2, 0) is 11.3 Å². The molecule has 0 bridgehead atoms. The maximum Gasteiger partial charge on any atom is 0.269 e. The first-order chi connectivity index (χ1) is 11.6. The third-order valence-electron chi connectivity index (χ3n) is 3.79. The lowest BCUT2D eigenvalue weighted by Gasteiger charge is -2.01. The Morgan fingerprint density at radius 3 is 2.71 bits per heavy atom. The van der Waals surface area contributed by atoms with Gasteiger partial charge in [-0.25, -0.2) is 0 Å². The van der Waals surface area contributed by atoms with Crippen LogP contribution in [0.1, 0.15) is 25.3 Å². The molecule has 0 unspecified atom stereocenters. The fraction of sp³-hybridized carbons (Fsp3) is 0.278. The van der Waals surface area contributed by atoms with Crippen LogP contribution >= 0.6 is 11.3 Å². The zero-order valence-corrected chi connectivity index (χ0v) is 14.1. The van der Waals surface area contributed by atoms with E-state index >= 15 is 0 Å². The van der Waals surface area contributed by atoms with Gasteiger partial charge in [-0.15, -0.1) is 11.3 Å². The van der Waals surface area contributed by atoms with Crippen LogP contribution in [0, 0.1) is 11.3 Å². The van der Waals surface area contributed by atoms with Gasteiger partial charge < -0.3 is 5.32 Å². The zero-order chi connectivity index (χ0) is 17.1. The first-order valence-electron chi connectivity index (χ1n) is 7.85. The Bertz CT molecular complexity index is 976. The van der Waals surface area contributed by atoms with Gasteiger partial charge in [-0.05, 0) is 31.4 Å². The normalized spacial score (nSPS) is 15.8. The second-order valence-corrected chi connectivity index (χ2v) is 6.64. The van der Waals surface area contributed by atoms with Gasteiger partial charge >= 0.3 is 0 Å². The molecule has 5 nitrogen and oxygen atoms in total. The van der Waals surface area contributed by atoms with E-state index in [0.29, 0.717) is 15.7 Å². The number of carbonyl (C=O) groups is 1. The third kappa shape index (κ3) is 3.31. The van der Waals surface area contributed by atoms with Gasteiger partial charge in [-0.2, -0.15) is 5.26 Å². The monoisotopic (exact) mass is 339 g/mol. The number of amides is 1. The van der Waals surface area contributed by atoms with Crippen LogP contribution in [0.15, 0.2) is 35.1 Å². The summed E-state index contributed by atoms with van der Waals surface area (Å²) in [5, 5.41) is 12.2.